The molecule has 0 spiro atoms. The summed E-state index contributed by atoms with van der Waals surface area (Å²) in [5.41, 5.74) is 5.03. The van der Waals surface area contributed by atoms with E-state index in [0.717, 1.165) is 20.9 Å². The Morgan fingerprint density at radius 1 is 0.660 bits per heavy atom. The molecule has 0 bridgehead atoms. The molecule has 0 radical (unpaired) electrons. The maximum atomic E-state index is 13.5. The van der Waals surface area contributed by atoms with Gasteiger partial charge in [-0.3, -0.25) is 9.97 Å². The summed E-state index contributed by atoms with van der Waals surface area (Å²) < 4.78 is 16.9. The van der Waals surface area contributed by atoms with E-state index in [1.807, 2.05) is 66.7 Å². The van der Waals surface area contributed by atoms with Crippen molar-refractivity contribution in [1.82, 2.24) is 25.1 Å². The molecule has 0 saturated heterocycles. The van der Waals surface area contributed by atoms with E-state index >= 15 is 0 Å². The molecule has 242 valence electrons. The van der Waals surface area contributed by atoms with Crippen LogP contribution >= 0.6 is 22.7 Å². The molecule has 0 fully saturated rings. The SMILES string of the molecule is O=C(NC(CN(Cc1ccccc1)C(=O)OCc1cncs1)CN(Cc1cncs1)C(=O)OCc1ccccc1)Oc1ccccc1. The zero-order chi connectivity index (χ0) is 32.7. The van der Waals surface area contributed by atoms with Crippen molar-refractivity contribution in [3.05, 3.63) is 135 Å². The highest BCUT2D eigenvalue weighted by molar-refractivity contribution is 7.09. The zero-order valence-electron chi connectivity index (χ0n) is 25.3. The molecule has 11 nitrogen and oxygen atoms in total. The summed E-state index contributed by atoms with van der Waals surface area (Å²) in [6.07, 6.45) is 1.39. The predicted molar refractivity (Wildman–Crippen MR) is 178 cm³/mol. The summed E-state index contributed by atoms with van der Waals surface area (Å²) in [6.45, 7) is 0.470. The average molecular weight is 672 g/mol. The molecule has 3 aromatic carbocycles. The third kappa shape index (κ3) is 10.9. The van der Waals surface area contributed by atoms with E-state index in [0.29, 0.717) is 5.75 Å². The second kappa shape index (κ2) is 17.4. The van der Waals surface area contributed by atoms with Gasteiger partial charge >= 0.3 is 18.3 Å². The van der Waals surface area contributed by atoms with Crippen LogP contribution in [0.3, 0.4) is 0 Å². The van der Waals surface area contributed by atoms with Gasteiger partial charge < -0.3 is 29.3 Å². The highest BCUT2D eigenvalue weighted by atomic mass is 32.1. The summed E-state index contributed by atoms with van der Waals surface area (Å²) in [4.78, 5) is 53.0. The van der Waals surface area contributed by atoms with Gasteiger partial charge in [-0.2, -0.15) is 0 Å². The van der Waals surface area contributed by atoms with Gasteiger partial charge in [0, 0.05) is 36.9 Å². The largest absolute Gasteiger partial charge is 0.445 e. The van der Waals surface area contributed by atoms with Gasteiger partial charge in [0.15, 0.2) is 0 Å². The minimum atomic E-state index is -0.789. The van der Waals surface area contributed by atoms with Crippen molar-refractivity contribution in [1.29, 1.82) is 0 Å². The Morgan fingerprint density at radius 3 is 1.79 bits per heavy atom. The number of benzene rings is 3. The lowest BCUT2D eigenvalue weighted by molar-refractivity contribution is 0.0774. The lowest BCUT2D eigenvalue weighted by Crippen LogP contribution is -2.52. The fraction of sp³-hybridized carbons (Fsp3) is 0.206. The third-order valence-electron chi connectivity index (χ3n) is 6.75. The molecule has 3 amide bonds. The highest BCUT2D eigenvalue weighted by Gasteiger charge is 2.28. The van der Waals surface area contributed by atoms with Crippen molar-refractivity contribution in [2.75, 3.05) is 13.1 Å². The quantitative estimate of drug-likeness (QED) is 0.138. The van der Waals surface area contributed by atoms with Gasteiger partial charge in [0.1, 0.15) is 19.0 Å². The minimum Gasteiger partial charge on any atom is -0.445 e. The van der Waals surface area contributed by atoms with Crippen LogP contribution < -0.4 is 10.1 Å². The molecule has 1 N–H and O–H groups in total. The molecular weight excluding hydrogens is 639 g/mol. The van der Waals surface area contributed by atoms with Gasteiger partial charge in [0.05, 0.1) is 28.5 Å². The number of nitrogens with zero attached hydrogens (tertiary/aromatic N) is 4. The summed E-state index contributed by atoms with van der Waals surface area (Å²) in [5.74, 6) is 0.345. The Labute approximate surface area is 280 Å². The fourth-order valence-corrected chi connectivity index (χ4v) is 5.66. The molecule has 2 aromatic heterocycles. The van der Waals surface area contributed by atoms with Crippen LogP contribution in [0.4, 0.5) is 14.4 Å². The second-order valence-electron chi connectivity index (χ2n) is 10.3. The molecule has 47 heavy (non-hydrogen) atoms. The number of ether oxygens (including phenoxy) is 3. The Bertz CT molecular complexity index is 1660. The van der Waals surface area contributed by atoms with Crippen LogP contribution in [-0.4, -0.2) is 57.2 Å². The molecule has 1 atom stereocenters. The van der Waals surface area contributed by atoms with Crippen molar-refractivity contribution < 1.29 is 28.6 Å². The van der Waals surface area contributed by atoms with Gasteiger partial charge in [0.25, 0.3) is 0 Å². The van der Waals surface area contributed by atoms with Crippen LogP contribution in [0.2, 0.25) is 0 Å². The maximum absolute atomic E-state index is 13.5. The molecule has 13 heteroatoms. The first-order chi connectivity index (χ1) is 23.0. The number of carbonyl (C=O) groups excluding carboxylic acids is 3. The molecule has 0 aliphatic carbocycles. The van der Waals surface area contributed by atoms with Crippen LogP contribution in [0.25, 0.3) is 0 Å². The van der Waals surface area contributed by atoms with E-state index in [1.54, 1.807) is 47.7 Å². The average Bonchev–Trinajstić information content (AvgIpc) is 3.82. The molecule has 2 heterocycles. The summed E-state index contributed by atoms with van der Waals surface area (Å²) in [5, 5.41) is 2.86. The highest BCUT2D eigenvalue weighted by Crippen LogP contribution is 2.16. The Balaban J connectivity index is 1.38. The topological polar surface area (TPSA) is 123 Å². The molecule has 5 rings (SSSR count). The number of carbonyl (C=O) groups is 3. The maximum Gasteiger partial charge on any atom is 0.412 e. The van der Waals surface area contributed by atoms with Crippen LogP contribution in [-0.2, 0) is 35.8 Å². The number of amides is 3. The monoisotopic (exact) mass is 671 g/mol. The van der Waals surface area contributed by atoms with Crippen LogP contribution in [0.15, 0.2) is 114 Å². The molecule has 5 aromatic rings. The van der Waals surface area contributed by atoms with E-state index in [-0.39, 0.29) is 39.4 Å². The van der Waals surface area contributed by atoms with E-state index in [9.17, 15) is 14.4 Å². The van der Waals surface area contributed by atoms with Crippen molar-refractivity contribution in [3.8, 4) is 5.75 Å². The number of rotatable bonds is 14. The van der Waals surface area contributed by atoms with Crippen LogP contribution in [0.1, 0.15) is 20.9 Å². The number of aromatic nitrogens is 2. The normalized spacial score (nSPS) is 11.2. The first-order valence-electron chi connectivity index (χ1n) is 14.7. The van der Waals surface area contributed by atoms with Gasteiger partial charge in [-0.1, -0.05) is 78.9 Å². The summed E-state index contributed by atoms with van der Waals surface area (Å²) in [7, 11) is 0. The van der Waals surface area contributed by atoms with Crippen molar-refractivity contribution in [2.24, 2.45) is 0 Å². The predicted octanol–water partition coefficient (Wildman–Crippen LogP) is 6.73. The first-order valence-corrected chi connectivity index (χ1v) is 16.5. The van der Waals surface area contributed by atoms with Crippen LogP contribution in [0.5, 0.6) is 5.75 Å². The molecular formula is C34H33N5O6S2. The number of hydrogen-bond acceptors (Lipinski definition) is 10. The standard InChI is InChI=1S/C34H33N5O6S2/c40-32(45-29-14-8-3-9-15-29)37-28(19-38(18-26-10-4-1-5-11-26)33(41)44-23-31-17-36-25-47-31)20-39(21-30-16-35-24-46-30)34(42)43-22-27-12-6-2-7-13-27/h1-17,24-25,28H,18-23H2,(H,37,40). The van der Waals surface area contributed by atoms with E-state index < -0.39 is 24.3 Å². The van der Waals surface area contributed by atoms with Crippen LogP contribution in [0, 0.1) is 0 Å². The minimum absolute atomic E-state index is 0.00847. The van der Waals surface area contributed by atoms with Gasteiger partial charge in [-0.15, -0.1) is 22.7 Å². The summed E-state index contributed by atoms with van der Waals surface area (Å²) in [6, 6.07) is 26.6. The lowest BCUT2D eigenvalue weighted by Gasteiger charge is -2.31. The Kier molecular flexibility index (Phi) is 12.3. The van der Waals surface area contributed by atoms with Crippen molar-refractivity contribution in [2.45, 2.75) is 32.3 Å². The fourth-order valence-electron chi connectivity index (χ4n) is 4.54. The smallest absolute Gasteiger partial charge is 0.412 e. The Morgan fingerprint density at radius 2 is 1.19 bits per heavy atom. The van der Waals surface area contributed by atoms with Gasteiger partial charge in [-0.05, 0) is 23.3 Å². The lowest BCUT2D eigenvalue weighted by atomic mass is 10.2. The van der Waals surface area contributed by atoms with Gasteiger partial charge in [-0.25, -0.2) is 14.4 Å². The number of nitrogens with one attached hydrogen (secondary N) is 1. The first kappa shape index (κ1) is 33.1. The third-order valence-corrected chi connectivity index (χ3v) is 8.26. The molecule has 0 aliphatic heterocycles. The second-order valence-corrected chi connectivity index (χ2v) is 12.3. The summed E-state index contributed by atoms with van der Waals surface area (Å²) >= 11 is 2.77. The van der Waals surface area contributed by atoms with E-state index in [2.05, 4.69) is 15.3 Å². The zero-order valence-corrected chi connectivity index (χ0v) is 27.0. The van der Waals surface area contributed by atoms with E-state index in [1.165, 1.54) is 32.5 Å². The number of hydrogen-bond donors (Lipinski definition) is 1. The number of para-hydroxylation sites is 1. The Hall–Kier alpha value is -5.27. The molecule has 0 aliphatic rings. The van der Waals surface area contributed by atoms with Gasteiger partial charge in [0.2, 0.25) is 0 Å². The number of thiazole rings is 2. The van der Waals surface area contributed by atoms with E-state index in [4.69, 9.17) is 14.2 Å². The molecule has 0 saturated carbocycles. The van der Waals surface area contributed by atoms with Crippen molar-refractivity contribution >= 4 is 41.0 Å². The molecule has 1 unspecified atom stereocenters. The van der Waals surface area contributed by atoms with Crippen molar-refractivity contribution in [3.63, 3.8) is 0 Å².